The van der Waals surface area contributed by atoms with Crippen molar-refractivity contribution in [3.05, 3.63) is 0 Å². The summed E-state index contributed by atoms with van der Waals surface area (Å²) in [5.74, 6) is 2.03. The number of aliphatic hydroxyl groups excluding tert-OH is 1. The first-order valence-electron chi connectivity index (χ1n) is 2.57. The van der Waals surface area contributed by atoms with Crippen molar-refractivity contribution in [2.24, 2.45) is 0 Å². The van der Waals surface area contributed by atoms with E-state index < -0.39 is 6.29 Å². The van der Waals surface area contributed by atoms with E-state index in [2.05, 4.69) is 4.74 Å². The van der Waals surface area contributed by atoms with E-state index in [1.807, 2.05) is 12.8 Å². The third-order valence-corrected chi connectivity index (χ3v) is 0.622. The fourth-order valence-corrected chi connectivity index (χ4v) is 0.278. The molecule has 8 heavy (non-hydrogen) atoms. The highest BCUT2D eigenvalue weighted by atomic mass is 16.6. The summed E-state index contributed by atoms with van der Waals surface area (Å²) >= 11 is 0. The van der Waals surface area contributed by atoms with Gasteiger partial charge in [0.15, 0.2) is 0 Å². The maximum atomic E-state index is 8.53. The van der Waals surface area contributed by atoms with Crippen molar-refractivity contribution in [1.82, 2.24) is 0 Å². The SMILES string of the molecule is C#CC(O)OCCC. The second-order valence-corrected chi connectivity index (χ2v) is 1.39. The average Bonchev–Trinajstić information content (AvgIpc) is 1.83. The molecule has 0 aliphatic rings. The molecular formula is C6H10O2. The van der Waals surface area contributed by atoms with E-state index in [-0.39, 0.29) is 0 Å². The predicted octanol–water partition coefficient (Wildman–Crippen LogP) is 0.365. The number of hydrogen-bond acceptors (Lipinski definition) is 2. The Hall–Kier alpha value is -0.520. The van der Waals surface area contributed by atoms with E-state index in [1.54, 1.807) is 0 Å². The van der Waals surface area contributed by atoms with Crippen LogP contribution in [0.1, 0.15) is 13.3 Å². The van der Waals surface area contributed by atoms with Crippen LogP contribution in [0, 0.1) is 12.3 Å². The molecule has 0 spiro atoms. The van der Waals surface area contributed by atoms with Crippen molar-refractivity contribution < 1.29 is 9.84 Å². The van der Waals surface area contributed by atoms with Gasteiger partial charge in [-0.1, -0.05) is 6.92 Å². The van der Waals surface area contributed by atoms with E-state index in [4.69, 9.17) is 11.5 Å². The van der Waals surface area contributed by atoms with Crippen LogP contribution in [0.3, 0.4) is 0 Å². The minimum Gasteiger partial charge on any atom is -0.358 e. The van der Waals surface area contributed by atoms with Gasteiger partial charge < -0.3 is 9.84 Å². The molecule has 2 nitrogen and oxygen atoms in total. The number of rotatable bonds is 3. The molecule has 1 atom stereocenters. The largest absolute Gasteiger partial charge is 0.358 e. The smallest absolute Gasteiger partial charge is 0.219 e. The van der Waals surface area contributed by atoms with Gasteiger partial charge in [-0.05, 0) is 12.3 Å². The lowest BCUT2D eigenvalue weighted by Gasteiger charge is -2.01. The van der Waals surface area contributed by atoms with Crippen molar-refractivity contribution >= 4 is 0 Å². The Morgan fingerprint density at radius 1 is 1.88 bits per heavy atom. The summed E-state index contributed by atoms with van der Waals surface area (Å²) in [6.07, 6.45) is 4.64. The van der Waals surface area contributed by atoms with Crippen LogP contribution in [-0.4, -0.2) is 18.0 Å². The maximum Gasteiger partial charge on any atom is 0.219 e. The minimum atomic E-state index is -1.02. The van der Waals surface area contributed by atoms with Crippen molar-refractivity contribution in [3.63, 3.8) is 0 Å². The number of aliphatic hydroxyl groups is 1. The molecule has 0 aromatic heterocycles. The highest BCUT2D eigenvalue weighted by Crippen LogP contribution is 1.84. The lowest BCUT2D eigenvalue weighted by molar-refractivity contribution is -0.0565. The summed E-state index contributed by atoms with van der Waals surface area (Å²) in [5, 5.41) is 8.53. The van der Waals surface area contributed by atoms with Crippen LogP contribution in [0.25, 0.3) is 0 Å². The average molecular weight is 114 g/mol. The Bertz CT molecular complexity index is 83.0. The molecule has 0 aromatic carbocycles. The van der Waals surface area contributed by atoms with Crippen LogP contribution in [-0.2, 0) is 4.74 Å². The Balaban J connectivity index is 3.02. The van der Waals surface area contributed by atoms with Crippen LogP contribution < -0.4 is 0 Å². The van der Waals surface area contributed by atoms with Crippen molar-refractivity contribution in [1.29, 1.82) is 0 Å². The zero-order valence-electron chi connectivity index (χ0n) is 4.92. The second kappa shape index (κ2) is 4.63. The molecule has 2 heteroatoms. The topological polar surface area (TPSA) is 29.5 Å². The molecule has 0 aliphatic heterocycles. The van der Waals surface area contributed by atoms with Crippen molar-refractivity contribution in [2.75, 3.05) is 6.61 Å². The molecule has 0 radical (unpaired) electrons. The lowest BCUT2D eigenvalue weighted by Crippen LogP contribution is -2.08. The highest BCUT2D eigenvalue weighted by molar-refractivity contribution is 4.87. The molecule has 1 N–H and O–H groups in total. The fraction of sp³-hybridized carbons (Fsp3) is 0.667. The molecule has 0 rings (SSSR count). The van der Waals surface area contributed by atoms with Crippen LogP contribution in [0.2, 0.25) is 0 Å². The van der Waals surface area contributed by atoms with E-state index in [9.17, 15) is 0 Å². The third-order valence-electron chi connectivity index (χ3n) is 0.622. The Morgan fingerprint density at radius 2 is 2.50 bits per heavy atom. The zero-order chi connectivity index (χ0) is 6.41. The highest BCUT2D eigenvalue weighted by Gasteiger charge is 1.92. The molecule has 0 bridgehead atoms. The zero-order valence-corrected chi connectivity index (χ0v) is 4.92. The Morgan fingerprint density at radius 3 is 2.88 bits per heavy atom. The van der Waals surface area contributed by atoms with Crippen LogP contribution in [0.15, 0.2) is 0 Å². The van der Waals surface area contributed by atoms with Gasteiger partial charge in [-0.15, -0.1) is 6.42 Å². The van der Waals surface area contributed by atoms with Gasteiger partial charge in [0, 0.05) is 0 Å². The molecule has 0 fully saturated rings. The van der Waals surface area contributed by atoms with Gasteiger partial charge >= 0.3 is 0 Å². The molecule has 0 heterocycles. The summed E-state index contributed by atoms with van der Waals surface area (Å²) in [4.78, 5) is 0. The summed E-state index contributed by atoms with van der Waals surface area (Å²) in [7, 11) is 0. The van der Waals surface area contributed by atoms with E-state index in [1.165, 1.54) is 0 Å². The van der Waals surface area contributed by atoms with Gasteiger partial charge in [0.25, 0.3) is 0 Å². The number of hydrogen-bond donors (Lipinski definition) is 1. The van der Waals surface area contributed by atoms with Gasteiger partial charge in [0.2, 0.25) is 6.29 Å². The van der Waals surface area contributed by atoms with Crippen molar-refractivity contribution in [2.45, 2.75) is 19.6 Å². The number of ether oxygens (including phenoxy) is 1. The Labute approximate surface area is 49.5 Å². The van der Waals surface area contributed by atoms with E-state index in [0.717, 1.165) is 6.42 Å². The molecule has 0 aliphatic carbocycles. The summed E-state index contributed by atoms with van der Waals surface area (Å²) < 4.78 is 4.66. The molecule has 0 amide bonds. The fourth-order valence-electron chi connectivity index (χ4n) is 0.278. The monoisotopic (exact) mass is 114 g/mol. The first kappa shape index (κ1) is 7.48. The standard InChI is InChI=1S/C6H10O2/c1-3-5-8-6(7)4-2/h2,6-7H,3,5H2,1H3. The van der Waals surface area contributed by atoms with Crippen LogP contribution in [0.5, 0.6) is 0 Å². The maximum absolute atomic E-state index is 8.53. The minimum absolute atomic E-state index is 0.519. The normalized spacial score (nSPS) is 12.6. The molecule has 1 unspecified atom stereocenters. The molecule has 0 aromatic rings. The van der Waals surface area contributed by atoms with Gasteiger partial charge in [-0.25, -0.2) is 0 Å². The Kier molecular flexibility index (Phi) is 4.33. The summed E-state index contributed by atoms with van der Waals surface area (Å²) in [6, 6.07) is 0. The second-order valence-electron chi connectivity index (χ2n) is 1.39. The summed E-state index contributed by atoms with van der Waals surface area (Å²) in [6.45, 7) is 2.47. The van der Waals surface area contributed by atoms with E-state index >= 15 is 0 Å². The third kappa shape index (κ3) is 3.66. The van der Waals surface area contributed by atoms with Crippen molar-refractivity contribution in [3.8, 4) is 12.3 Å². The molecule has 0 saturated heterocycles. The summed E-state index contributed by atoms with van der Waals surface area (Å²) in [5.41, 5.74) is 0. The molecule has 46 valence electrons. The van der Waals surface area contributed by atoms with Gasteiger partial charge in [-0.2, -0.15) is 0 Å². The first-order chi connectivity index (χ1) is 3.81. The van der Waals surface area contributed by atoms with E-state index in [0.29, 0.717) is 6.61 Å². The van der Waals surface area contributed by atoms with Gasteiger partial charge in [0.05, 0.1) is 6.61 Å². The quantitative estimate of drug-likeness (QED) is 0.424. The van der Waals surface area contributed by atoms with Crippen LogP contribution >= 0.6 is 0 Å². The number of terminal acetylenes is 1. The predicted molar refractivity (Wildman–Crippen MR) is 31.1 cm³/mol. The first-order valence-corrected chi connectivity index (χ1v) is 2.57. The lowest BCUT2D eigenvalue weighted by atomic mass is 10.5. The van der Waals surface area contributed by atoms with Gasteiger partial charge in [-0.3, -0.25) is 0 Å². The molecular weight excluding hydrogens is 104 g/mol. The molecule has 0 saturated carbocycles. The van der Waals surface area contributed by atoms with Crippen LogP contribution in [0.4, 0.5) is 0 Å². The van der Waals surface area contributed by atoms with Gasteiger partial charge in [0.1, 0.15) is 0 Å².